The van der Waals surface area contributed by atoms with Crippen LogP contribution in [0.4, 0.5) is 10.1 Å². The first kappa shape index (κ1) is 13.3. The zero-order chi connectivity index (χ0) is 13.1. The third-order valence-electron chi connectivity index (χ3n) is 3.46. The Kier molecular flexibility index (Phi) is 4.17. The van der Waals surface area contributed by atoms with E-state index >= 15 is 0 Å². The third-order valence-corrected chi connectivity index (χ3v) is 3.68. The summed E-state index contributed by atoms with van der Waals surface area (Å²) in [6.45, 7) is 4.00. The summed E-state index contributed by atoms with van der Waals surface area (Å²) in [5.74, 6) is 0.555. The Balaban J connectivity index is 1.89. The summed E-state index contributed by atoms with van der Waals surface area (Å²) in [4.78, 5) is 0. The number of hydrogen-bond acceptors (Lipinski definition) is 1. The Hall–Kier alpha value is -1.16. The fourth-order valence-electron chi connectivity index (χ4n) is 2.36. The number of thiocarbonyl (C=S) groups is 1. The van der Waals surface area contributed by atoms with Gasteiger partial charge in [0.25, 0.3) is 0 Å². The van der Waals surface area contributed by atoms with E-state index in [0.29, 0.717) is 22.4 Å². The molecule has 1 fully saturated rings. The highest BCUT2D eigenvalue weighted by Gasteiger charge is 2.21. The zero-order valence-electron chi connectivity index (χ0n) is 10.8. The molecule has 0 aromatic heterocycles. The largest absolute Gasteiger partial charge is 0.360 e. The second-order valence-electron chi connectivity index (χ2n) is 5.18. The van der Waals surface area contributed by atoms with Crippen molar-refractivity contribution in [2.24, 2.45) is 5.92 Å². The van der Waals surface area contributed by atoms with Crippen LogP contribution < -0.4 is 10.6 Å². The molecular formula is C14H19FN2S. The van der Waals surface area contributed by atoms with Gasteiger partial charge in [-0.05, 0) is 62.0 Å². The fourth-order valence-corrected chi connectivity index (χ4v) is 2.65. The summed E-state index contributed by atoms with van der Waals surface area (Å²) < 4.78 is 13.4. The van der Waals surface area contributed by atoms with Crippen LogP contribution in [0.25, 0.3) is 0 Å². The van der Waals surface area contributed by atoms with Gasteiger partial charge < -0.3 is 10.6 Å². The van der Waals surface area contributed by atoms with Crippen LogP contribution in [0.2, 0.25) is 0 Å². The molecular weight excluding hydrogens is 247 g/mol. The van der Waals surface area contributed by atoms with Crippen LogP contribution in [-0.4, -0.2) is 11.2 Å². The first-order valence-electron chi connectivity index (χ1n) is 6.38. The maximum atomic E-state index is 13.4. The molecule has 0 radical (unpaired) electrons. The topological polar surface area (TPSA) is 24.1 Å². The lowest BCUT2D eigenvalue weighted by molar-refractivity contribution is 0.572. The molecule has 0 aliphatic heterocycles. The average molecular weight is 266 g/mol. The number of anilines is 1. The summed E-state index contributed by atoms with van der Waals surface area (Å²) >= 11 is 5.24. The summed E-state index contributed by atoms with van der Waals surface area (Å²) in [5.41, 5.74) is 1.34. The van der Waals surface area contributed by atoms with Crippen LogP contribution in [-0.2, 0) is 0 Å². The van der Waals surface area contributed by atoms with Crippen molar-refractivity contribution in [1.29, 1.82) is 0 Å². The monoisotopic (exact) mass is 266 g/mol. The number of rotatable bonds is 2. The van der Waals surface area contributed by atoms with E-state index in [2.05, 4.69) is 17.6 Å². The third kappa shape index (κ3) is 3.42. The van der Waals surface area contributed by atoms with Crippen molar-refractivity contribution in [2.75, 3.05) is 5.32 Å². The van der Waals surface area contributed by atoms with Crippen molar-refractivity contribution in [3.8, 4) is 0 Å². The molecule has 1 aromatic carbocycles. The van der Waals surface area contributed by atoms with Crippen molar-refractivity contribution in [2.45, 2.75) is 39.2 Å². The maximum absolute atomic E-state index is 13.4. The van der Waals surface area contributed by atoms with Gasteiger partial charge in [0.2, 0.25) is 0 Å². The van der Waals surface area contributed by atoms with Crippen molar-refractivity contribution >= 4 is 23.0 Å². The number of aryl methyl sites for hydroxylation is 1. The first-order valence-corrected chi connectivity index (χ1v) is 6.79. The van der Waals surface area contributed by atoms with Crippen molar-refractivity contribution in [3.05, 3.63) is 29.6 Å². The Morgan fingerprint density at radius 1 is 1.39 bits per heavy atom. The van der Waals surface area contributed by atoms with Gasteiger partial charge >= 0.3 is 0 Å². The summed E-state index contributed by atoms with van der Waals surface area (Å²) in [6.07, 6.45) is 3.56. The summed E-state index contributed by atoms with van der Waals surface area (Å²) in [5, 5.41) is 6.90. The van der Waals surface area contributed by atoms with Gasteiger partial charge in [0, 0.05) is 11.7 Å². The smallest absolute Gasteiger partial charge is 0.170 e. The molecule has 1 aliphatic carbocycles. The van der Waals surface area contributed by atoms with E-state index in [1.807, 2.05) is 6.07 Å². The Labute approximate surface area is 113 Å². The minimum atomic E-state index is -0.211. The fraction of sp³-hybridized carbons (Fsp3) is 0.500. The van der Waals surface area contributed by atoms with Crippen LogP contribution in [0, 0.1) is 18.7 Å². The van der Waals surface area contributed by atoms with Crippen LogP contribution >= 0.6 is 12.2 Å². The van der Waals surface area contributed by atoms with Crippen LogP contribution in [0.1, 0.15) is 31.7 Å². The first-order chi connectivity index (χ1) is 8.54. The molecule has 1 aromatic rings. The molecule has 18 heavy (non-hydrogen) atoms. The molecule has 1 aliphatic rings. The van der Waals surface area contributed by atoms with Crippen LogP contribution in [0.5, 0.6) is 0 Å². The standard InChI is InChI=1S/C14H19FN2S/c1-9-3-5-11(7-9)16-14(18)17-12-6-4-10(2)13(15)8-12/h4,6,8-9,11H,3,5,7H2,1-2H3,(H2,16,17,18). The van der Waals surface area contributed by atoms with Gasteiger partial charge in [0.05, 0.1) is 0 Å². The molecule has 0 saturated heterocycles. The van der Waals surface area contributed by atoms with Gasteiger partial charge in [-0.25, -0.2) is 4.39 Å². The molecule has 2 atom stereocenters. The second kappa shape index (κ2) is 5.65. The van der Waals surface area contributed by atoms with Crippen LogP contribution in [0.15, 0.2) is 18.2 Å². The highest BCUT2D eigenvalue weighted by Crippen LogP contribution is 2.24. The lowest BCUT2D eigenvalue weighted by Crippen LogP contribution is -2.36. The quantitative estimate of drug-likeness (QED) is 0.800. The van der Waals surface area contributed by atoms with E-state index in [1.54, 1.807) is 13.0 Å². The van der Waals surface area contributed by atoms with E-state index in [1.165, 1.54) is 12.5 Å². The van der Waals surface area contributed by atoms with Gasteiger partial charge in [0.15, 0.2) is 5.11 Å². The normalized spacial score (nSPS) is 22.8. The molecule has 0 bridgehead atoms. The van der Waals surface area contributed by atoms with Crippen molar-refractivity contribution in [3.63, 3.8) is 0 Å². The molecule has 2 N–H and O–H groups in total. The van der Waals surface area contributed by atoms with Gasteiger partial charge in [-0.3, -0.25) is 0 Å². The molecule has 1 saturated carbocycles. The molecule has 2 unspecified atom stereocenters. The Bertz CT molecular complexity index is 447. The Morgan fingerprint density at radius 3 is 2.78 bits per heavy atom. The van der Waals surface area contributed by atoms with E-state index in [-0.39, 0.29) is 5.82 Å². The summed E-state index contributed by atoms with van der Waals surface area (Å²) in [7, 11) is 0. The second-order valence-corrected chi connectivity index (χ2v) is 5.59. The van der Waals surface area contributed by atoms with E-state index < -0.39 is 0 Å². The number of hydrogen-bond donors (Lipinski definition) is 2. The molecule has 4 heteroatoms. The van der Waals surface area contributed by atoms with E-state index in [4.69, 9.17) is 12.2 Å². The van der Waals surface area contributed by atoms with Crippen molar-refractivity contribution in [1.82, 2.24) is 5.32 Å². The van der Waals surface area contributed by atoms with E-state index in [9.17, 15) is 4.39 Å². The Morgan fingerprint density at radius 2 is 2.17 bits per heavy atom. The number of benzene rings is 1. The lowest BCUT2D eigenvalue weighted by atomic mass is 10.1. The molecule has 2 rings (SSSR count). The van der Waals surface area contributed by atoms with E-state index in [0.717, 1.165) is 18.8 Å². The van der Waals surface area contributed by atoms with Gasteiger partial charge in [0.1, 0.15) is 5.82 Å². The highest BCUT2D eigenvalue weighted by atomic mass is 32.1. The van der Waals surface area contributed by atoms with Gasteiger partial charge in [-0.1, -0.05) is 13.0 Å². The molecule has 0 amide bonds. The highest BCUT2D eigenvalue weighted by molar-refractivity contribution is 7.80. The predicted octanol–water partition coefficient (Wildman–Crippen LogP) is 3.61. The van der Waals surface area contributed by atoms with Crippen LogP contribution in [0.3, 0.4) is 0 Å². The molecule has 98 valence electrons. The van der Waals surface area contributed by atoms with Gasteiger partial charge in [-0.15, -0.1) is 0 Å². The SMILES string of the molecule is Cc1ccc(NC(=S)NC2CCC(C)C2)cc1F. The molecule has 0 heterocycles. The average Bonchev–Trinajstić information content (AvgIpc) is 2.69. The molecule has 0 spiro atoms. The zero-order valence-corrected chi connectivity index (χ0v) is 11.6. The van der Waals surface area contributed by atoms with Gasteiger partial charge in [-0.2, -0.15) is 0 Å². The number of nitrogens with one attached hydrogen (secondary N) is 2. The number of halogens is 1. The minimum Gasteiger partial charge on any atom is -0.360 e. The minimum absolute atomic E-state index is 0.211. The summed E-state index contributed by atoms with van der Waals surface area (Å²) in [6, 6.07) is 5.51. The lowest BCUT2D eigenvalue weighted by Gasteiger charge is -2.16. The van der Waals surface area contributed by atoms with Crippen molar-refractivity contribution < 1.29 is 4.39 Å². The molecule has 2 nitrogen and oxygen atoms in total. The maximum Gasteiger partial charge on any atom is 0.170 e. The predicted molar refractivity (Wildman–Crippen MR) is 77.3 cm³/mol.